The molecule has 0 aliphatic heterocycles. The Morgan fingerprint density at radius 1 is 1.33 bits per heavy atom. The van der Waals surface area contributed by atoms with E-state index in [9.17, 15) is 0 Å². The minimum absolute atomic E-state index is 0.351. The molecule has 86 valence electrons. The van der Waals surface area contributed by atoms with E-state index in [-0.39, 0.29) is 0 Å². The third kappa shape index (κ3) is 4.39. The highest BCUT2D eigenvalue weighted by Gasteiger charge is 2.14. The van der Waals surface area contributed by atoms with Crippen LogP contribution in [0.2, 0.25) is 0 Å². The summed E-state index contributed by atoms with van der Waals surface area (Å²) in [7, 11) is 0. The van der Waals surface area contributed by atoms with Gasteiger partial charge < -0.3 is 9.73 Å². The lowest BCUT2D eigenvalue weighted by molar-refractivity contribution is 0.369. The molecular formula is C12H20BrNO. The summed E-state index contributed by atoms with van der Waals surface area (Å²) >= 11 is 3.34. The smallest absolute Gasteiger partial charge is 0.169 e. The molecule has 1 rings (SSSR count). The summed E-state index contributed by atoms with van der Waals surface area (Å²) in [6, 6.07) is 4.34. The Balaban J connectivity index is 2.57. The molecule has 1 aromatic heterocycles. The number of halogens is 1. The Bertz CT molecular complexity index is 283. The van der Waals surface area contributed by atoms with Gasteiger partial charge in [-0.15, -0.1) is 0 Å². The van der Waals surface area contributed by atoms with Crippen molar-refractivity contribution in [3.63, 3.8) is 0 Å². The molecule has 3 heteroatoms. The maximum atomic E-state index is 5.58. The molecule has 0 aliphatic rings. The van der Waals surface area contributed by atoms with Gasteiger partial charge in [0.15, 0.2) is 4.67 Å². The SMILES string of the molecule is CCNC(CCC(C)C)c1ccc(Br)o1. The van der Waals surface area contributed by atoms with E-state index in [0.29, 0.717) is 6.04 Å². The molecule has 0 aliphatic carbocycles. The molecule has 1 atom stereocenters. The van der Waals surface area contributed by atoms with Crippen LogP contribution < -0.4 is 5.32 Å². The van der Waals surface area contributed by atoms with Crippen LogP contribution >= 0.6 is 15.9 Å². The second-order valence-electron chi connectivity index (χ2n) is 4.22. The van der Waals surface area contributed by atoms with E-state index in [1.54, 1.807) is 0 Å². The van der Waals surface area contributed by atoms with Gasteiger partial charge in [0.05, 0.1) is 6.04 Å². The third-order valence-electron chi connectivity index (χ3n) is 2.42. The fraction of sp³-hybridized carbons (Fsp3) is 0.667. The molecule has 0 spiro atoms. The zero-order valence-electron chi connectivity index (χ0n) is 9.72. The van der Waals surface area contributed by atoms with Gasteiger partial charge in [0.1, 0.15) is 5.76 Å². The lowest BCUT2D eigenvalue weighted by Crippen LogP contribution is -2.20. The van der Waals surface area contributed by atoms with E-state index in [0.717, 1.165) is 29.3 Å². The second kappa shape index (κ2) is 6.33. The van der Waals surface area contributed by atoms with E-state index in [4.69, 9.17) is 4.42 Å². The molecule has 1 aromatic rings. The molecule has 0 radical (unpaired) electrons. The van der Waals surface area contributed by atoms with Crippen molar-refractivity contribution >= 4 is 15.9 Å². The molecule has 0 amide bonds. The summed E-state index contributed by atoms with van der Waals surface area (Å²) in [5.41, 5.74) is 0. The Labute approximate surface area is 101 Å². The summed E-state index contributed by atoms with van der Waals surface area (Å²) in [6.07, 6.45) is 2.35. The maximum absolute atomic E-state index is 5.58. The molecule has 15 heavy (non-hydrogen) atoms. The van der Waals surface area contributed by atoms with E-state index < -0.39 is 0 Å². The molecule has 0 saturated carbocycles. The lowest BCUT2D eigenvalue weighted by atomic mass is 10.0. The maximum Gasteiger partial charge on any atom is 0.169 e. The number of hydrogen-bond donors (Lipinski definition) is 1. The minimum Gasteiger partial charge on any atom is -0.453 e. The predicted molar refractivity (Wildman–Crippen MR) is 66.9 cm³/mol. The van der Waals surface area contributed by atoms with Crippen molar-refractivity contribution in [1.29, 1.82) is 0 Å². The first kappa shape index (κ1) is 12.8. The van der Waals surface area contributed by atoms with Crippen LogP contribution in [-0.2, 0) is 0 Å². The Morgan fingerprint density at radius 2 is 2.07 bits per heavy atom. The van der Waals surface area contributed by atoms with Crippen LogP contribution in [0.1, 0.15) is 45.4 Å². The molecule has 1 heterocycles. The average Bonchev–Trinajstić information content (AvgIpc) is 2.59. The topological polar surface area (TPSA) is 25.2 Å². The van der Waals surface area contributed by atoms with Crippen LogP contribution in [0.3, 0.4) is 0 Å². The minimum atomic E-state index is 0.351. The third-order valence-corrected chi connectivity index (χ3v) is 2.85. The number of rotatable bonds is 6. The number of nitrogens with one attached hydrogen (secondary N) is 1. The van der Waals surface area contributed by atoms with Crippen molar-refractivity contribution < 1.29 is 4.42 Å². The predicted octanol–water partition coefficient (Wildman–Crippen LogP) is 4.13. The van der Waals surface area contributed by atoms with Crippen LogP contribution in [0.25, 0.3) is 0 Å². The fourth-order valence-corrected chi connectivity index (χ4v) is 1.93. The summed E-state index contributed by atoms with van der Waals surface area (Å²) in [4.78, 5) is 0. The van der Waals surface area contributed by atoms with E-state index >= 15 is 0 Å². The van der Waals surface area contributed by atoms with Crippen LogP contribution in [-0.4, -0.2) is 6.54 Å². The van der Waals surface area contributed by atoms with Gasteiger partial charge in [-0.2, -0.15) is 0 Å². The van der Waals surface area contributed by atoms with Crippen LogP contribution in [0.5, 0.6) is 0 Å². The van der Waals surface area contributed by atoms with Gasteiger partial charge >= 0.3 is 0 Å². The van der Waals surface area contributed by atoms with Gasteiger partial charge in [-0.25, -0.2) is 0 Å². The van der Waals surface area contributed by atoms with Crippen molar-refractivity contribution in [3.8, 4) is 0 Å². The van der Waals surface area contributed by atoms with Crippen LogP contribution in [0.4, 0.5) is 0 Å². The normalized spacial score (nSPS) is 13.4. The number of furan rings is 1. The van der Waals surface area contributed by atoms with E-state index in [1.807, 2.05) is 12.1 Å². The van der Waals surface area contributed by atoms with Crippen molar-refractivity contribution in [2.24, 2.45) is 5.92 Å². The van der Waals surface area contributed by atoms with Gasteiger partial charge in [-0.05, 0) is 53.4 Å². The molecule has 0 saturated heterocycles. The molecular weight excluding hydrogens is 254 g/mol. The molecule has 1 unspecified atom stereocenters. The van der Waals surface area contributed by atoms with Crippen molar-refractivity contribution in [2.45, 2.75) is 39.7 Å². The lowest BCUT2D eigenvalue weighted by Gasteiger charge is -2.16. The summed E-state index contributed by atoms with van der Waals surface area (Å²) in [5.74, 6) is 1.77. The zero-order chi connectivity index (χ0) is 11.3. The first-order valence-corrected chi connectivity index (χ1v) is 6.41. The first-order valence-electron chi connectivity index (χ1n) is 5.62. The Kier molecular flexibility index (Phi) is 5.40. The highest BCUT2D eigenvalue weighted by molar-refractivity contribution is 9.10. The number of hydrogen-bond acceptors (Lipinski definition) is 2. The highest BCUT2D eigenvalue weighted by atomic mass is 79.9. The average molecular weight is 274 g/mol. The van der Waals surface area contributed by atoms with E-state index in [2.05, 4.69) is 42.0 Å². The summed E-state index contributed by atoms with van der Waals surface area (Å²) < 4.78 is 6.39. The molecule has 1 N–H and O–H groups in total. The monoisotopic (exact) mass is 273 g/mol. The van der Waals surface area contributed by atoms with Gasteiger partial charge in [0.25, 0.3) is 0 Å². The molecule has 0 fully saturated rings. The van der Waals surface area contributed by atoms with E-state index in [1.165, 1.54) is 6.42 Å². The van der Waals surface area contributed by atoms with Crippen LogP contribution in [0.15, 0.2) is 21.2 Å². The standard InChI is InChI=1S/C12H20BrNO/c1-4-14-10(6-5-9(2)3)11-7-8-12(13)15-11/h7-10,14H,4-6H2,1-3H3. The van der Waals surface area contributed by atoms with Gasteiger partial charge in [0.2, 0.25) is 0 Å². The second-order valence-corrected chi connectivity index (χ2v) is 5.00. The fourth-order valence-electron chi connectivity index (χ4n) is 1.61. The Morgan fingerprint density at radius 3 is 2.53 bits per heavy atom. The van der Waals surface area contributed by atoms with Crippen molar-refractivity contribution in [3.05, 3.63) is 22.6 Å². The summed E-state index contributed by atoms with van der Waals surface area (Å²) in [5, 5.41) is 3.45. The van der Waals surface area contributed by atoms with Gasteiger partial charge in [-0.3, -0.25) is 0 Å². The Hall–Kier alpha value is -0.280. The molecule has 2 nitrogen and oxygen atoms in total. The quantitative estimate of drug-likeness (QED) is 0.843. The highest BCUT2D eigenvalue weighted by Crippen LogP contribution is 2.25. The molecule has 0 bridgehead atoms. The zero-order valence-corrected chi connectivity index (χ0v) is 11.3. The van der Waals surface area contributed by atoms with Gasteiger partial charge in [0, 0.05) is 0 Å². The van der Waals surface area contributed by atoms with Crippen LogP contribution in [0, 0.1) is 5.92 Å². The first-order chi connectivity index (χ1) is 7.13. The van der Waals surface area contributed by atoms with Crippen molar-refractivity contribution in [1.82, 2.24) is 5.32 Å². The molecule has 0 aromatic carbocycles. The van der Waals surface area contributed by atoms with Crippen molar-refractivity contribution in [2.75, 3.05) is 6.54 Å². The van der Waals surface area contributed by atoms with Gasteiger partial charge in [-0.1, -0.05) is 20.8 Å². The largest absolute Gasteiger partial charge is 0.453 e. The summed E-state index contributed by atoms with van der Waals surface area (Å²) in [6.45, 7) is 7.60.